The van der Waals surface area contributed by atoms with Crippen LogP contribution in [0.5, 0.6) is 0 Å². The number of rotatable bonds is 4. The molecule has 0 saturated heterocycles. The second-order valence-corrected chi connectivity index (χ2v) is 7.23. The maximum absolute atomic E-state index is 2.48. The van der Waals surface area contributed by atoms with Crippen LogP contribution in [0.2, 0.25) is 0 Å². The summed E-state index contributed by atoms with van der Waals surface area (Å²) in [5.41, 5.74) is 0. The third-order valence-corrected chi connectivity index (χ3v) is 4.33. The SMILES string of the molecule is [Cl-].[Cl-].[Ru+]=[CH]Sc1ccccc1.[Ru+]=[CH]Sc1ccccc1. The molecule has 2 rings (SSSR count). The molecule has 0 radical (unpaired) electrons. The normalized spacial score (nSPS) is 8.00. The molecule has 0 amide bonds. The third kappa shape index (κ3) is 11.4. The molecule has 0 bridgehead atoms. The van der Waals surface area contributed by atoms with Crippen molar-refractivity contribution in [2.75, 3.05) is 0 Å². The molecule has 0 aliphatic heterocycles. The molecule has 0 aliphatic rings. The fourth-order valence-corrected chi connectivity index (χ4v) is 3.33. The fraction of sp³-hybridized carbons (Fsp3) is 0. The summed E-state index contributed by atoms with van der Waals surface area (Å²) in [6, 6.07) is 20.6. The van der Waals surface area contributed by atoms with E-state index in [2.05, 4.69) is 60.0 Å². The molecular weight excluding hydrogens is 505 g/mol. The number of hydrogen-bond acceptors (Lipinski definition) is 2. The summed E-state index contributed by atoms with van der Waals surface area (Å²) in [5.74, 6) is 0. The van der Waals surface area contributed by atoms with Crippen molar-refractivity contribution in [3.63, 3.8) is 0 Å². The van der Waals surface area contributed by atoms with Gasteiger partial charge in [0.05, 0.1) is 0 Å². The molecule has 2 aromatic rings. The van der Waals surface area contributed by atoms with Gasteiger partial charge in [0.1, 0.15) is 0 Å². The molecule has 20 heavy (non-hydrogen) atoms. The molecule has 0 aromatic heterocycles. The van der Waals surface area contributed by atoms with Gasteiger partial charge < -0.3 is 24.8 Å². The van der Waals surface area contributed by atoms with Gasteiger partial charge >= 0.3 is 138 Å². The van der Waals surface area contributed by atoms with Crippen LogP contribution >= 0.6 is 23.5 Å². The summed E-state index contributed by atoms with van der Waals surface area (Å²) in [5, 5.41) is 0. The average Bonchev–Trinajstić information content (AvgIpc) is 2.43. The van der Waals surface area contributed by atoms with E-state index in [1.54, 1.807) is 23.5 Å². The van der Waals surface area contributed by atoms with Gasteiger partial charge in [-0.3, -0.25) is 0 Å². The van der Waals surface area contributed by atoms with Crippen molar-refractivity contribution in [2.24, 2.45) is 0 Å². The van der Waals surface area contributed by atoms with Crippen LogP contribution in [-0.4, -0.2) is 7.88 Å². The zero-order valence-corrected chi connectivity index (χ0v) is 16.8. The molecule has 0 spiro atoms. The van der Waals surface area contributed by atoms with E-state index in [-0.39, 0.29) is 24.8 Å². The van der Waals surface area contributed by atoms with E-state index in [1.807, 2.05) is 44.3 Å². The number of hydrogen-bond donors (Lipinski definition) is 0. The van der Waals surface area contributed by atoms with E-state index in [0.29, 0.717) is 0 Å². The molecular formula is C14H12Cl2Ru2S2. The Balaban J connectivity index is 0. The van der Waals surface area contributed by atoms with Gasteiger partial charge in [-0.2, -0.15) is 0 Å². The van der Waals surface area contributed by atoms with Crippen LogP contribution in [-0.2, 0) is 35.7 Å². The van der Waals surface area contributed by atoms with Crippen molar-refractivity contribution in [1.29, 1.82) is 0 Å². The van der Waals surface area contributed by atoms with E-state index in [9.17, 15) is 0 Å². The summed E-state index contributed by atoms with van der Waals surface area (Å²) in [6.07, 6.45) is 0. The van der Waals surface area contributed by atoms with Gasteiger partial charge in [0, 0.05) is 0 Å². The molecule has 0 heterocycles. The molecule has 0 fully saturated rings. The van der Waals surface area contributed by atoms with Crippen LogP contribution in [0.4, 0.5) is 0 Å². The van der Waals surface area contributed by atoms with Gasteiger partial charge in [-0.05, 0) is 0 Å². The average molecular weight is 517 g/mol. The van der Waals surface area contributed by atoms with Crippen LogP contribution < -0.4 is 24.8 Å². The predicted molar refractivity (Wildman–Crippen MR) is 76.7 cm³/mol. The standard InChI is InChI=1S/2C7H6S.2ClH.2Ru/c2*1-8-7-5-3-2-4-6-7;;;;/h2*1-6H;2*1H;;/q;;;;2*+1/p-2. The maximum atomic E-state index is 2.48. The molecule has 0 atom stereocenters. The number of halogens is 2. The Morgan fingerprint density at radius 3 is 1.15 bits per heavy atom. The Morgan fingerprint density at radius 2 is 0.900 bits per heavy atom. The Labute approximate surface area is 161 Å². The summed E-state index contributed by atoms with van der Waals surface area (Å²) in [7, 11) is 0. The van der Waals surface area contributed by atoms with E-state index in [1.165, 1.54) is 9.79 Å². The molecule has 0 unspecified atom stereocenters. The second-order valence-electron chi connectivity index (χ2n) is 3.03. The Morgan fingerprint density at radius 1 is 0.600 bits per heavy atom. The third-order valence-electron chi connectivity index (χ3n) is 1.84. The first-order chi connectivity index (χ1) is 8.86. The van der Waals surface area contributed by atoms with Crippen molar-refractivity contribution < 1.29 is 60.5 Å². The Hall–Kier alpha value is 0.707. The van der Waals surface area contributed by atoms with Gasteiger partial charge in [0.15, 0.2) is 0 Å². The molecule has 0 aliphatic carbocycles. The van der Waals surface area contributed by atoms with E-state index in [0.717, 1.165) is 0 Å². The first kappa shape index (κ1) is 23.0. The molecule has 6 heteroatoms. The number of thioether (sulfide) groups is 2. The minimum atomic E-state index is 0. The van der Waals surface area contributed by atoms with E-state index < -0.39 is 0 Å². The van der Waals surface area contributed by atoms with Crippen LogP contribution in [0.3, 0.4) is 0 Å². The van der Waals surface area contributed by atoms with Crippen molar-refractivity contribution in [3.05, 3.63) is 60.7 Å². The van der Waals surface area contributed by atoms with Crippen molar-refractivity contribution >= 4 is 31.4 Å². The summed E-state index contributed by atoms with van der Waals surface area (Å²) in [6.45, 7) is 0. The van der Waals surface area contributed by atoms with Gasteiger partial charge in [0.25, 0.3) is 0 Å². The quantitative estimate of drug-likeness (QED) is 0.346. The first-order valence-corrected chi connectivity index (χ1v) is 8.88. The van der Waals surface area contributed by atoms with Crippen molar-refractivity contribution in [1.82, 2.24) is 0 Å². The topological polar surface area (TPSA) is 0 Å². The van der Waals surface area contributed by atoms with Gasteiger partial charge in [-0.25, -0.2) is 0 Å². The Bertz CT molecular complexity index is 422. The molecule has 0 saturated carbocycles. The van der Waals surface area contributed by atoms with Gasteiger partial charge in [-0.1, -0.05) is 0 Å². The summed E-state index contributed by atoms with van der Waals surface area (Å²) in [4.78, 5) is 2.58. The molecule has 110 valence electrons. The predicted octanol–water partition coefficient (Wildman–Crippen LogP) is -1.82. The van der Waals surface area contributed by atoms with Crippen LogP contribution in [0.15, 0.2) is 70.5 Å². The van der Waals surface area contributed by atoms with Crippen LogP contribution in [0, 0.1) is 0 Å². The van der Waals surface area contributed by atoms with Crippen molar-refractivity contribution in [2.45, 2.75) is 9.79 Å². The minimum absolute atomic E-state index is 0. The molecule has 2 aromatic carbocycles. The van der Waals surface area contributed by atoms with E-state index in [4.69, 9.17) is 0 Å². The number of benzene rings is 2. The fourth-order valence-electron chi connectivity index (χ4n) is 1.09. The Kier molecular flexibility index (Phi) is 18.5. The molecule has 0 nitrogen and oxygen atoms in total. The zero-order chi connectivity index (χ0) is 13.1. The first-order valence-electron chi connectivity index (χ1n) is 5.11. The second kappa shape index (κ2) is 16.1. The van der Waals surface area contributed by atoms with Crippen LogP contribution in [0.25, 0.3) is 0 Å². The van der Waals surface area contributed by atoms with Gasteiger partial charge in [0.2, 0.25) is 0 Å². The summed E-state index contributed by atoms with van der Waals surface area (Å²) >= 11 is 8.40. The van der Waals surface area contributed by atoms with Crippen molar-refractivity contribution in [3.8, 4) is 0 Å². The van der Waals surface area contributed by atoms with E-state index >= 15 is 0 Å². The van der Waals surface area contributed by atoms with Gasteiger partial charge in [-0.15, -0.1) is 0 Å². The monoisotopic (exact) mass is 518 g/mol. The zero-order valence-electron chi connectivity index (χ0n) is 10.2. The summed E-state index contributed by atoms with van der Waals surface area (Å²) < 4.78 is 4.02. The molecule has 0 N–H and O–H groups in total. The van der Waals surface area contributed by atoms with Crippen LogP contribution in [0.1, 0.15) is 0 Å².